The van der Waals surface area contributed by atoms with E-state index in [1.165, 1.54) is 5.56 Å². The molecule has 0 aliphatic heterocycles. The number of halogens is 2. The first-order chi connectivity index (χ1) is 11.3. The number of nitrogens with two attached hydrogens (primary N) is 1. The lowest BCUT2D eigenvalue weighted by Crippen LogP contribution is -2.13. The molecule has 0 aromatic heterocycles. The smallest absolute Gasteiger partial charge is 0.249 e. The average molecular weight is 375 g/mol. The number of amides is 1. The minimum Gasteiger partial charge on any atom is -0.380 e. The van der Waals surface area contributed by atoms with Gasteiger partial charge >= 0.3 is 0 Å². The Bertz CT molecular complexity index is 808. The first-order valence-corrected chi connectivity index (χ1v) is 7.52. The lowest BCUT2D eigenvalue weighted by molar-refractivity contribution is 0.100. The Kier molecular flexibility index (Phi) is 7.99. The Morgan fingerprint density at radius 3 is 2.00 bits per heavy atom. The summed E-state index contributed by atoms with van der Waals surface area (Å²) in [4.78, 5) is 11.8. The van der Waals surface area contributed by atoms with Crippen LogP contribution in [0.1, 0.15) is 15.9 Å². The standard InChI is InChI=1S/C20H18N2O.2ClH/c21-20(23)17-12-7-13-18(19(17)16-10-5-2-6-11-16)22-14-15-8-3-1-4-9-15;;/h1-13,22H,14H2,(H2,21,23);2*1H. The van der Waals surface area contributed by atoms with E-state index in [2.05, 4.69) is 17.4 Å². The Balaban J connectivity index is 0.00000156. The SMILES string of the molecule is Cl.Cl.NC(=O)c1cccc(NCc2ccccc2)c1-c1ccccc1. The van der Waals surface area contributed by atoms with Crippen molar-refractivity contribution in [2.24, 2.45) is 5.73 Å². The van der Waals surface area contributed by atoms with Gasteiger partial charge in [0.2, 0.25) is 5.91 Å². The van der Waals surface area contributed by atoms with Gasteiger partial charge in [0.1, 0.15) is 0 Å². The summed E-state index contributed by atoms with van der Waals surface area (Å²) in [5, 5.41) is 3.42. The van der Waals surface area contributed by atoms with Crippen LogP contribution >= 0.6 is 24.8 Å². The van der Waals surface area contributed by atoms with E-state index in [4.69, 9.17) is 5.73 Å². The maximum absolute atomic E-state index is 11.8. The van der Waals surface area contributed by atoms with Crippen molar-refractivity contribution in [2.75, 3.05) is 5.32 Å². The number of anilines is 1. The second kappa shape index (κ2) is 9.72. The third kappa shape index (κ3) is 4.99. The van der Waals surface area contributed by atoms with Crippen LogP contribution in [-0.4, -0.2) is 5.91 Å². The molecule has 0 fully saturated rings. The van der Waals surface area contributed by atoms with Crippen LogP contribution in [-0.2, 0) is 6.54 Å². The van der Waals surface area contributed by atoms with Crippen LogP contribution in [0.3, 0.4) is 0 Å². The van der Waals surface area contributed by atoms with E-state index in [1.54, 1.807) is 6.07 Å². The molecule has 3 N–H and O–H groups in total. The molecular formula is C20H20Cl2N2O. The number of hydrogen-bond acceptors (Lipinski definition) is 2. The Hall–Kier alpha value is -2.49. The molecule has 0 bridgehead atoms. The zero-order valence-electron chi connectivity index (χ0n) is 13.5. The first kappa shape index (κ1) is 20.6. The van der Waals surface area contributed by atoms with E-state index in [0.717, 1.165) is 16.8 Å². The van der Waals surface area contributed by atoms with Crippen LogP contribution in [0.25, 0.3) is 11.1 Å². The fraction of sp³-hybridized carbons (Fsp3) is 0.0500. The quantitative estimate of drug-likeness (QED) is 0.666. The molecule has 3 aromatic carbocycles. The molecule has 0 saturated heterocycles. The van der Waals surface area contributed by atoms with Gasteiger partial charge in [-0.2, -0.15) is 0 Å². The van der Waals surface area contributed by atoms with Gasteiger partial charge in [-0.3, -0.25) is 4.79 Å². The molecule has 0 aliphatic carbocycles. The molecule has 3 nitrogen and oxygen atoms in total. The number of primary amides is 1. The number of carbonyl (C=O) groups excluding carboxylic acids is 1. The lowest BCUT2D eigenvalue weighted by atomic mass is 9.97. The summed E-state index contributed by atoms with van der Waals surface area (Å²) in [5.74, 6) is -0.424. The number of hydrogen-bond donors (Lipinski definition) is 2. The molecule has 25 heavy (non-hydrogen) atoms. The van der Waals surface area contributed by atoms with Crippen molar-refractivity contribution in [2.45, 2.75) is 6.54 Å². The van der Waals surface area contributed by atoms with Crippen molar-refractivity contribution >= 4 is 36.4 Å². The van der Waals surface area contributed by atoms with Crippen molar-refractivity contribution < 1.29 is 4.79 Å². The number of nitrogens with one attached hydrogen (secondary N) is 1. The predicted molar refractivity (Wildman–Crippen MR) is 109 cm³/mol. The summed E-state index contributed by atoms with van der Waals surface area (Å²) in [6, 6.07) is 25.5. The van der Waals surface area contributed by atoms with Gasteiger partial charge in [0.05, 0.1) is 0 Å². The molecule has 130 valence electrons. The molecule has 0 atom stereocenters. The van der Waals surface area contributed by atoms with Crippen LogP contribution < -0.4 is 11.1 Å². The summed E-state index contributed by atoms with van der Waals surface area (Å²) < 4.78 is 0. The van der Waals surface area contributed by atoms with E-state index in [9.17, 15) is 4.79 Å². The lowest BCUT2D eigenvalue weighted by Gasteiger charge is -2.15. The maximum Gasteiger partial charge on any atom is 0.249 e. The van der Waals surface area contributed by atoms with Gasteiger partial charge in [0, 0.05) is 23.4 Å². The van der Waals surface area contributed by atoms with Crippen LogP contribution in [0.15, 0.2) is 78.9 Å². The highest BCUT2D eigenvalue weighted by atomic mass is 35.5. The molecule has 3 aromatic rings. The van der Waals surface area contributed by atoms with E-state index < -0.39 is 5.91 Å². The number of benzene rings is 3. The molecule has 0 radical (unpaired) electrons. The second-order valence-electron chi connectivity index (χ2n) is 5.30. The van der Waals surface area contributed by atoms with Gasteiger partial charge in [-0.25, -0.2) is 0 Å². The summed E-state index contributed by atoms with van der Waals surface area (Å²) in [5.41, 5.74) is 9.97. The van der Waals surface area contributed by atoms with E-state index in [0.29, 0.717) is 12.1 Å². The van der Waals surface area contributed by atoms with Crippen molar-refractivity contribution in [3.63, 3.8) is 0 Å². The topological polar surface area (TPSA) is 55.1 Å². The molecule has 0 heterocycles. The average Bonchev–Trinajstić information content (AvgIpc) is 2.61. The summed E-state index contributed by atoms with van der Waals surface area (Å²) in [6.07, 6.45) is 0. The van der Waals surface area contributed by atoms with Gasteiger partial charge in [0.25, 0.3) is 0 Å². The zero-order chi connectivity index (χ0) is 16.1. The van der Waals surface area contributed by atoms with Crippen LogP contribution in [0.2, 0.25) is 0 Å². The highest BCUT2D eigenvalue weighted by molar-refractivity contribution is 6.03. The van der Waals surface area contributed by atoms with Gasteiger partial charge < -0.3 is 11.1 Å². The zero-order valence-corrected chi connectivity index (χ0v) is 15.1. The molecule has 0 unspecified atom stereocenters. The van der Waals surface area contributed by atoms with Crippen molar-refractivity contribution in [3.8, 4) is 11.1 Å². The molecular weight excluding hydrogens is 355 g/mol. The normalized spacial score (nSPS) is 9.44. The molecule has 5 heteroatoms. The summed E-state index contributed by atoms with van der Waals surface area (Å²) in [7, 11) is 0. The highest BCUT2D eigenvalue weighted by Gasteiger charge is 2.14. The molecule has 3 rings (SSSR count). The fourth-order valence-corrected chi connectivity index (χ4v) is 2.61. The van der Waals surface area contributed by atoms with Crippen molar-refractivity contribution in [3.05, 3.63) is 90.0 Å². The monoisotopic (exact) mass is 374 g/mol. The number of carbonyl (C=O) groups is 1. The summed E-state index contributed by atoms with van der Waals surface area (Å²) >= 11 is 0. The Morgan fingerprint density at radius 1 is 0.800 bits per heavy atom. The van der Waals surface area contributed by atoms with E-state index in [-0.39, 0.29) is 24.8 Å². The first-order valence-electron chi connectivity index (χ1n) is 7.52. The largest absolute Gasteiger partial charge is 0.380 e. The number of rotatable bonds is 5. The van der Waals surface area contributed by atoms with E-state index in [1.807, 2.05) is 60.7 Å². The van der Waals surface area contributed by atoms with Crippen LogP contribution in [0, 0.1) is 0 Å². The fourth-order valence-electron chi connectivity index (χ4n) is 2.61. The molecule has 0 aliphatic rings. The van der Waals surface area contributed by atoms with Crippen LogP contribution in [0.5, 0.6) is 0 Å². The molecule has 0 spiro atoms. The van der Waals surface area contributed by atoms with Crippen molar-refractivity contribution in [1.29, 1.82) is 0 Å². The summed E-state index contributed by atoms with van der Waals surface area (Å²) in [6.45, 7) is 0.683. The van der Waals surface area contributed by atoms with Gasteiger partial charge in [-0.15, -0.1) is 24.8 Å². The maximum atomic E-state index is 11.8. The van der Waals surface area contributed by atoms with Gasteiger partial charge in [-0.05, 0) is 23.3 Å². The van der Waals surface area contributed by atoms with Gasteiger partial charge in [0.15, 0.2) is 0 Å². The second-order valence-corrected chi connectivity index (χ2v) is 5.30. The third-order valence-corrected chi connectivity index (χ3v) is 3.72. The third-order valence-electron chi connectivity index (χ3n) is 3.72. The molecule has 0 saturated carbocycles. The minimum absolute atomic E-state index is 0. The van der Waals surface area contributed by atoms with Crippen molar-refractivity contribution in [1.82, 2.24) is 0 Å². The minimum atomic E-state index is -0.424. The predicted octanol–water partition coefficient (Wildman–Crippen LogP) is 4.91. The Labute approximate surface area is 160 Å². The molecule has 1 amide bonds. The van der Waals surface area contributed by atoms with Gasteiger partial charge in [-0.1, -0.05) is 66.7 Å². The highest BCUT2D eigenvalue weighted by Crippen LogP contribution is 2.31. The van der Waals surface area contributed by atoms with Crippen LogP contribution in [0.4, 0.5) is 5.69 Å². The Morgan fingerprint density at radius 2 is 1.40 bits per heavy atom. The van der Waals surface area contributed by atoms with E-state index >= 15 is 0 Å².